The minimum atomic E-state index is 0.668. The lowest BCUT2D eigenvalue weighted by Gasteiger charge is -2.07. The van der Waals surface area contributed by atoms with E-state index in [9.17, 15) is 0 Å². The molecule has 0 fully saturated rings. The first-order valence-electron chi connectivity index (χ1n) is 5.68. The zero-order chi connectivity index (χ0) is 11.8. The summed E-state index contributed by atoms with van der Waals surface area (Å²) in [7, 11) is 0. The second-order valence-corrected chi connectivity index (χ2v) is 3.58. The highest BCUT2D eigenvalue weighted by Gasteiger charge is 1.93. The van der Waals surface area contributed by atoms with Crippen LogP contribution in [0.2, 0.25) is 0 Å². The van der Waals surface area contributed by atoms with Crippen molar-refractivity contribution in [1.82, 2.24) is 20.3 Å². The lowest BCUT2D eigenvalue weighted by Crippen LogP contribution is -2.25. The van der Waals surface area contributed by atoms with Crippen molar-refractivity contribution in [1.29, 1.82) is 0 Å². The normalized spacial score (nSPS) is 10.4. The molecule has 0 radical (unpaired) electrons. The molecular formula is C12H16N4O. The highest BCUT2D eigenvalue weighted by atomic mass is 16.5. The molecule has 17 heavy (non-hydrogen) atoms. The Bertz CT molecular complexity index is 402. The second kappa shape index (κ2) is 6.65. The summed E-state index contributed by atoms with van der Waals surface area (Å²) in [4.78, 5) is 0. The Morgan fingerprint density at radius 2 is 2.06 bits per heavy atom. The highest BCUT2D eigenvalue weighted by molar-refractivity contribution is 5.20. The van der Waals surface area contributed by atoms with Crippen LogP contribution in [0, 0.1) is 0 Å². The molecule has 0 aliphatic rings. The summed E-state index contributed by atoms with van der Waals surface area (Å²) in [5, 5.41) is 10.9. The van der Waals surface area contributed by atoms with Crippen LogP contribution in [0.15, 0.2) is 42.7 Å². The third-order valence-corrected chi connectivity index (χ3v) is 2.28. The lowest BCUT2D eigenvalue weighted by atomic mass is 10.3. The summed E-state index contributed by atoms with van der Waals surface area (Å²) >= 11 is 0. The van der Waals surface area contributed by atoms with E-state index in [-0.39, 0.29) is 0 Å². The number of nitrogens with zero attached hydrogens (tertiary/aromatic N) is 3. The molecule has 2 rings (SSSR count). The molecule has 0 aliphatic heterocycles. The van der Waals surface area contributed by atoms with Gasteiger partial charge in [-0.05, 0) is 12.1 Å². The zero-order valence-electron chi connectivity index (χ0n) is 9.62. The first-order valence-corrected chi connectivity index (χ1v) is 5.68. The molecule has 1 N–H and O–H groups in total. The topological polar surface area (TPSA) is 52.0 Å². The fourth-order valence-electron chi connectivity index (χ4n) is 1.43. The van der Waals surface area contributed by atoms with Crippen LogP contribution < -0.4 is 10.1 Å². The van der Waals surface area contributed by atoms with E-state index in [4.69, 9.17) is 4.74 Å². The molecule has 90 valence electrons. The van der Waals surface area contributed by atoms with E-state index < -0.39 is 0 Å². The summed E-state index contributed by atoms with van der Waals surface area (Å²) < 4.78 is 7.34. The zero-order valence-corrected chi connectivity index (χ0v) is 9.62. The predicted molar refractivity (Wildman–Crippen MR) is 64.8 cm³/mol. The molecule has 2 aromatic rings. The lowest BCUT2D eigenvalue weighted by molar-refractivity contribution is 0.312. The van der Waals surface area contributed by atoms with E-state index in [0.29, 0.717) is 6.61 Å². The molecular weight excluding hydrogens is 216 g/mol. The van der Waals surface area contributed by atoms with E-state index in [1.54, 1.807) is 10.9 Å². The van der Waals surface area contributed by atoms with Crippen LogP contribution in [0.25, 0.3) is 0 Å². The number of aromatic nitrogens is 3. The second-order valence-electron chi connectivity index (χ2n) is 3.58. The van der Waals surface area contributed by atoms with Gasteiger partial charge in [0.15, 0.2) is 0 Å². The van der Waals surface area contributed by atoms with E-state index in [0.717, 1.165) is 25.4 Å². The minimum Gasteiger partial charge on any atom is -0.492 e. The molecule has 0 atom stereocenters. The van der Waals surface area contributed by atoms with Gasteiger partial charge < -0.3 is 10.1 Å². The summed E-state index contributed by atoms with van der Waals surface area (Å²) in [5.74, 6) is 0.908. The Kier molecular flexibility index (Phi) is 4.54. The smallest absolute Gasteiger partial charge is 0.119 e. The molecule has 1 aromatic heterocycles. The van der Waals surface area contributed by atoms with Crippen LogP contribution >= 0.6 is 0 Å². The predicted octanol–water partition coefficient (Wildman–Crippen LogP) is 0.947. The Hall–Kier alpha value is -1.88. The number of benzene rings is 1. The molecule has 0 amide bonds. The fraction of sp³-hybridized carbons (Fsp3) is 0.333. The monoisotopic (exact) mass is 232 g/mol. The first kappa shape index (κ1) is 11.6. The summed E-state index contributed by atoms with van der Waals surface area (Å²) in [5.41, 5.74) is 0. The van der Waals surface area contributed by atoms with Crippen LogP contribution in [0.1, 0.15) is 0 Å². The summed E-state index contributed by atoms with van der Waals surface area (Å²) in [6.07, 6.45) is 3.53. The number of nitrogens with one attached hydrogen (secondary N) is 1. The fourth-order valence-corrected chi connectivity index (χ4v) is 1.43. The molecule has 1 heterocycles. The Balaban J connectivity index is 1.52. The molecule has 5 nitrogen and oxygen atoms in total. The van der Waals surface area contributed by atoms with Gasteiger partial charge in [0.1, 0.15) is 12.4 Å². The van der Waals surface area contributed by atoms with E-state index in [2.05, 4.69) is 15.6 Å². The maximum absolute atomic E-state index is 5.55. The maximum Gasteiger partial charge on any atom is 0.119 e. The van der Waals surface area contributed by atoms with Crippen molar-refractivity contribution >= 4 is 0 Å². The molecule has 0 saturated carbocycles. The van der Waals surface area contributed by atoms with E-state index in [1.807, 2.05) is 36.5 Å². The van der Waals surface area contributed by atoms with Gasteiger partial charge in [-0.25, -0.2) is 0 Å². The number of rotatable bonds is 7. The average Bonchev–Trinajstić information content (AvgIpc) is 2.88. The van der Waals surface area contributed by atoms with Crippen LogP contribution in [0.3, 0.4) is 0 Å². The van der Waals surface area contributed by atoms with Crippen LogP contribution in [-0.4, -0.2) is 34.7 Å². The molecule has 0 saturated heterocycles. The number of para-hydroxylation sites is 1. The van der Waals surface area contributed by atoms with Gasteiger partial charge in [0.25, 0.3) is 0 Å². The standard InChI is InChI=1S/C12H16N4O/c1-2-4-12(5-3-1)17-11-8-13-6-9-16-10-7-14-15-16/h1-5,7,10,13H,6,8-9,11H2. The van der Waals surface area contributed by atoms with Crippen molar-refractivity contribution in [2.75, 3.05) is 19.7 Å². The number of hydrogen-bond donors (Lipinski definition) is 1. The summed E-state index contributed by atoms with van der Waals surface area (Å²) in [6, 6.07) is 9.81. The van der Waals surface area contributed by atoms with Gasteiger partial charge in [0.2, 0.25) is 0 Å². The minimum absolute atomic E-state index is 0.668. The molecule has 0 unspecified atom stereocenters. The largest absolute Gasteiger partial charge is 0.492 e. The van der Waals surface area contributed by atoms with Crippen molar-refractivity contribution in [3.8, 4) is 5.75 Å². The average molecular weight is 232 g/mol. The Labute approximate surface area is 100 Å². The van der Waals surface area contributed by atoms with E-state index in [1.165, 1.54) is 0 Å². The van der Waals surface area contributed by atoms with Gasteiger partial charge in [-0.3, -0.25) is 4.68 Å². The van der Waals surface area contributed by atoms with Crippen molar-refractivity contribution in [2.45, 2.75) is 6.54 Å². The molecule has 1 aromatic carbocycles. The first-order chi connectivity index (χ1) is 8.45. The quantitative estimate of drug-likeness (QED) is 0.722. The van der Waals surface area contributed by atoms with Crippen LogP contribution in [0.5, 0.6) is 5.75 Å². The van der Waals surface area contributed by atoms with E-state index >= 15 is 0 Å². The molecule has 0 aliphatic carbocycles. The van der Waals surface area contributed by atoms with Gasteiger partial charge in [-0.1, -0.05) is 23.4 Å². The van der Waals surface area contributed by atoms with Crippen molar-refractivity contribution in [2.24, 2.45) is 0 Å². The van der Waals surface area contributed by atoms with Crippen LogP contribution in [0.4, 0.5) is 0 Å². The third-order valence-electron chi connectivity index (χ3n) is 2.28. The molecule has 5 heteroatoms. The Morgan fingerprint density at radius 3 is 2.82 bits per heavy atom. The number of ether oxygens (including phenoxy) is 1. The summed E-state index contributed by atoms with van der Waals surface area (Å²) in [6.45, 7) is 3.18. The SMILES string of the molecule is c1ccc(OCCNCCn2ccnn2)cc1. The maximum atomic E-state index is 5.55. The molecule has 0 bridgehead atoms. The van der Waals surface area contributed by atoms with Gasteiger partial charge in [-0.2, -0.15) is 0 Å². The third kappa shape index (κ3) is 4.24. The van der Waals surface area contributed by atoms with Crippen molar-refractivity contribution in [3.63, 3.8) is 0 Å². The van der Waals surface area contributed by atoms with Gasteiger partial charge in [-0.15, -0.1) is 5.10 Å². The van der Waals surface area contributed by atoms with Crippen molar-refractivity contribution < 1.29 is 4.74 Å². The highest BCUT2D eigenvalue weighted by Crippen LogP contribution is 2.07. The molecule has 0 spiro atoms. The van der Waals surface area contributed by atoms with Crippen molar-refractivity contribution in [3.05, 3.63) is 42.7 Å². The van der Waals surface area contributed by atoms with Crippen LogP contribution in [-0.2, 0) is 6.54 Å². The van der Waals surface area contributed by atoms with Gasteiger partial charge in [0, 0.05) is 19.3 Å². The number of hydrogen-bond acceptors (Lipinski definition) is 4. The van der Waals surface area contributed by atoms with Gasteiger partial charge >= 0.3 is 0 Å². The van der Waals surface area contributed by atoms with Gasteiger partial charge in [0.05, 0.1) is 12.7 Å². The Morgan fingerprint density at radius 1 is 1.18 bits per heavy atom.